The van der Waals surface area contributed by atoms with E-state index < -0.39 is 0 Å². The summed E-state index contributed by atoms with van der Waals surface area (Å²) in [6.07, 6.45) is 0. The molecule has 1 aromatic heterocycles. The van der Waals surface area contributed by atoms with Crippen LogP contribution < -0.4 is 20.7 Å². The van der Waals surface area contributed by atoms with Crippen molar-refractivity contribution in [3.05, 3.63) is 45.1 Å². The molecule has 3 N–H and O–H groups in total. The van der Waals surface area contributed by atoms with Crippen LogP contribution in [0.3, 0.4) is 0 Å². The van der Waals surface area contributed by atoms with Crippen LogP contribution in [0.4, 0.5) is 0 Å². The Balaban J connectivity index is 2.43. The topological polar surface area (TPSA) is 56.5 Å². The molecule has 4 nitrogen and oxygen atoms in total. The van der Waals surface area contributed by atoms with Crippen molar-refractivity contribution < 1.29 is 9.47 Å². The normalized spacial score (nSPS) is 12.2. The maximum Gasteiger partial charge on any atom is 0.129 e. The number of hydrazine groups is 1. The molecule has 0 aliphatic carbocycles. The van der Waals surface area contributed by atoms with Crippen molar-refractivity contribution in [3.63, 3.8) is 0 Å². The molecule has 108 valence electrons. The molecule has 0 aliphatic heterocycles. The Bertz CT molecular complexity index is 596. The number of thiophene rings is 1. The second kappa shape index (κ2) is 6.26. The Morgan fingerprint density at radius 2 is 1.85 bits per heavy atom. The third kappa shape index (κ3) is 2.80. The zero-order chi connectivity index (χ0) is 14.7. The number of nitrogens with two attached hydrogens (primary N) is 1. The first kappa shape index (κ1) is 14.8. The fourth-order valence-corrected chi connectivity index (χ4v) is 3.19. The van der Waals surface area contributed by atoms with Gasteiger partial charge in [-0.1, -0.05) is 6.07 Å². The number of benzene rings is 1. The number of rotatable bonds is 5. The van der Waals surface area contributed by atoms with Crippen LogP contribution in [0.25, 0.3) is 0 Å². The lowest BCUT2D eigenvalue weighted by Gasteiger charge is -2.19. The predicted octanol–water partition coefficient (Wildman–Crippen LogP) is 2.93. The minimum absolute atomic E-state index is 0.0477. The van der Waals surface area contributed by atoms with Gasteiger partial charge in [-0.2, -0.15) is 0 Å². The highest BCUT2D eigenvalue weighted by Gasteiger charge is 2.18. The van der Waals surface area contributed by atoms with Crippen LogP contribution in [0, 0.1) is 13.8 Å². The summed E-state index contributed by atoms with van der Waals surface area (Å²) in [6.45, 7) is 4.09. The second-order valence-corrected chi connectivity index (χ2v) is 5.61. The van der Waals surface area contributed by atoms with Crippen molar-refractivity contribution in [1.82, 2.24) is 5.43 Å². The quantitative estimate of drug-likeness (QED) is 0.657. The highest BCUT2D eigenvalue weighted by Crippen LogP contribution is 2.34. The van der Waals surface area contributed by atoms with E-state index in [9.17, 15) is 0 Å². The molecule has 5 heteroatoms. The van der Waals surface area contributed by atoms with E-state index in [1.165, 1.54) is 0 Å². The summed E-state index contributed by atoms with van der Waals surface area (Å²) >= 11 is 1.63. The Hall–Kier alpha value is -1.56. The highest BCUT2D eigenvalue weighted by atomic mass is 32.1. The summed E-state index contributed by atoms with van der Waals surface area (Å²) in [5.74, 6) is 7.51. The summed E-state index contributed by atoms with van der Waals surface area (Å²) in [5, 5.41) is 1.98. The van der Waals surface area contributed by atoms with E-state index in [-0.39, 0.29) is 6.04 Å². The largest absolute Gasteiger partial charge is 0.496 e. The minimum Gasteiger partial charge on any atom is -0.496 e. The van der Waals surface area contributed by atoms with Gasteiger partial charge in [0.05, 0.1) is 20.3 Å². The van der Waals surface area contributed by atoms with Crippen LogP contribution in [0.2, 0.25) is 0 Å². The molecule has 2 aromatic rings. The van der Waals surface area contributed by atoms with Gasteiger partial charge >= 0.3 is 0 Å². The van der Waals surface area contributed by atoms with Gasteiger partial charge in [-0.05, 0) is 42.7 Å². The van der Waals surface area contributed by atoms with Gasteiger partial charge in [-0.3, -0.25) is 5.84 Å². The first-order valence-electron chi connectivity index (χ1n) is 6.34. The van der Waals surface area contributed by atoms with E-state index in [0.29, 0.717) is 0 Å². The first-order valence-corrected chi connectivity index (χ1v) is 7.22. The number of methoxy groups -OCH3 is 2. The van der Waals surface area contributed by atoms with Gasteiger partial charge in [-0.15, -0.1) is 11.3 Å². The van der Waals surface area contributed by atoms with E-state index in [4.69, 9.17) is 15.3 Å². The Labute approximate surface area is 123 Å². The number of nitrogens with one attached hydrogen (secondary N) is 1. The lowest BCUT2D eigenvalue weighted by molar-refractivity contribution is 0.411. The maximum absolute atomic E-state index is 5.76. The van der Waals surface area contributed by atoms with Crippen LogP contribution in [0.1, 0.15) is 27.6 Å². The number of hydrogen-bond donors (Lipinski definition) is 2. The van der Waals surface area contributed by atoms with Crippen molar-refractivity contribution in [2.24, 2.45) is 5.84 Å². The molecule has 1 aromatic carbocycles. The summed E-state index contributed by atoms with van der Waals surface area (Å²) < 4.78 is 10.6. The van der Waals surface area contributed by atoms with Crippen molar-refractivity contribution in [3.8, 4) is 11.5 Å². The summed E-state index contributed by atoms with van der Waals surface area (Å²) in [6, 6.07) is 6.12. The third-order valence-corrected chi connectivity index (χ3v) is 4.35. The zero-order valence-corrected chi connectivity index (χ0v) is 13.0. The molecular weight excluding hydrogens is 272 g/mol. The minimum atomic E-state index is -0.0477. The van der Waals surface area contributed by atoms with Gasteiger partial charge in [0.1, 0.15) is 11.5 Å². The van der Waals surface area contributed by atoms with E-state index in [1.807, 2.05) is 24.4 Å². The van der Waals surface area contributed by atoms with Crippen molar-refractivity contribution >= 4 is 11.3 Å². The summed E-state index contributed by atoms with van der Waals surface area (Å²) in [5.41, 5.74) is 6.28. The summed E-state index contributed by atoms with van der Waals surface area (Å²) in [7, 11) is 3.35. The van der Waals surface area contributed by atoms with Gasteiger partial charge in [0.2, 0.25) is 0 Å². The highest BCUT2D eigenvalue weighted by molar-refractivity contribution is 7.10. The van der Waals surface area contributed by atoms with E-state index in [0.717, 1.165) is 33.1 Å². The SMILES string of the molecule is COc1csc(C(NN)c2cc(C)c(OC)cc2C)c1. The van der Waals surface area contributed by atoms with Crippen LogP contribution >= 0.6 is 11.3 Å². The smallest absolute Gasteiger partial charge is 0.129 e. The Morgan fingerprint density at radius 3 is 2.40 bits per heavy atom. The fourth-order valence-electron chi connectivity index (χ4n) is 2.26. The van der Waals surface area contributed by atoms with E-state index in [2.05, 4.69) is 18.4 Å². The predicted molar refractivity (Wildman–Crippen MR) is 82.5 cm³/mol. The van der Waals surface area contributed by atoms with Crippen molar-refractivity contribution in [2.45, 2.75) is 19.9 Å². The lowest BCUT2D eigenvalue weighted by atomic mass is 9.97. The molecule has 0 bridgehead atoms. The molecule has 0 fully saturated rings. The molecule has 0 amide bonds. The molecular formula is C15H20N2O2S. The molecule has 20 heavy (non-hydrogen) atoms. The average molecular weight is 292 g/mol. The van der Waals surface area contributed by atoms with Gasteiger partial charge in [0.15, 0.2) is 0 Å². The molecule has 1 atom stereocenters. The van der Waals surface area contributed by atoms with Crippen LogP contribution in [0.5, 0.6) is 11.5 Å². The van der Waals surface area contributed by atoms with Crippen LogP contribution in [0.15, 0.2) is 23.6 Å². The average Bonchev–Trinajstić information content (AvgIpc) is 2.91. The van der Waals surface area contributed by atoms with E-state index in [1.54, 1.807) is 25.6 Å². The molecule has 0 saturated heterocycles. The van der Waals surface area contributed by atoms with E-state index >= 15 is 0 Å². The Kier molecular flexibility index (Phi) is 4.65. The van der Waals surface area contributed by atoms with Gasteiger partial charge in [0, 0.05) is 10.3 Å². The second-order valence-electron chi connectivity index (χ2n) is 4.67. The molecule has 0 radical (unpaired) electrons. The molecule has 0 saturated carbocycles. The van der Waals surface area contributed by atoms with Crippen molar-refractivity contribution in [1.29, 1.82) is 0 Å². The molecule has 1 unspecified atom stereocenters. The van der Waals surface area contributed by atoms with Gasteiger partial charge in [0.25, 0.3) is 0 Å². The monoisotopic (exact) mass is 292 g/mol. The molecule has 2 rings (SSSR count). The Morgan fingerprint density at radius 1 is 1.10 bits per heavy atom. The number of hydrogen-bond acceptors (Lipinski definition) is 5. The maximum atomic E-state index is 5.76. The molecule has 0 spiro atoms. The summed E-state index contributed by atoms with van der Waals surface area (Å²) in [4.78, 5) is 1.12. The van der Waals surface area contributed by atoms with Crippen LogP contribution in [-0.4, -0.2) is 14.2 Å². The molecule has 1 heterocycles. The lowest BCUT2D eigenvalue weighted by Crippen LogP contribution is -2.28. The first-order chi connectivity index (χ1) is 9.60. The van der Waals surface area contributed by atoms with Crippen molar-refractivity contribution in [2.75, 3.05) is 14.2 Å². The number of ether oxygens (including phenoxy) is 2. The standard InChI is InChI=1S/C15H20N2O2S/c1-9-6-13(19-4)10(2)5-12(9)15(17-16)14-7-11(18-3)8-20-14/h5-8,15,17H,16H2,1-4H3. The fraction of sp³-hybridized carbons (Fsp3) is 0.333. The van der Waals surface area contributed by atoms with Gasteiger partial charge in [-0.25, -0.2) is 5.43 Å². The third-order valence-electron chi connectivity index (χ3n) is 3.38. The van der Waals surface area contributed by atoms with Crippen LogP contribution in [-0.2, 0) is 0 Å². The zero-order valence-electron chi connectivity index (χ0n) is 12.2. The number of aryl methyl sites for hydroxylation is 2. The van der Waals surface area contributed by atoms with Gasteiger partial charge < -0.3 is 9.47 Å². The molecule has 0 aliphatic rings.